The Labute approximate surface area is 105 Å². The Hall–Kier alpha value is -1.55. The third kappa shape index (κ3) is 3.46. The maximum Gasteiger partial charge on any atom is 0.260 e. The highest BCUT2D eigenvalue weighted by molar-refractivity contribution is 6.32. The Morgan fingerprint density at radius 2 is 2.06 bits per heavy atom. The Balaban J connectivity index is 2.86. The van der Waals surface area contributed by atoms with E-state index in [2.05, 4.69) is 5.32 Å². The summed E-state index contributed by atoms with van der Waals surface area (Å²) in [5.41, 5.74) is 0.509. The number of hydrogen-bond donors (Lipinski definition) is 1. The van der Waals surface area contributed by atoms with Crippen molar-refractivity contribution < 1.29 is 14.3 Å². The van der Waals surface area contributed by atoms with Gasteiger partial charge in [0.1, 0.15) is 5.75 Å². The summed E-state index contributed by atoms with van der Waals surface area (Å²) in [4.78, 5) is 22.4. The quantitative estimate of drug-likeness (QED) is 0.838. The molecule has 0 aliphatic carbocycles. The summed E-state index contributed by atoms with van der Waals surface area (Å²) in [5, 5.41) is 2.79. The molecule has 0 aromatic heterocycles. The predicted molar refractivity (Wildman–Crippen MR) is 65.6 cm³/mol. The van der Waals surface area contributed by atoms with Gasteiger partial charge >= 0.3 is 0 Å². The average molecular weight is 256 g/mol. The zero-order valence-corrected chi connectivity index (χ0v) is 10.7. The third-order valence-corrected chi connectivity index (χ3v) is 2.55. The van der Waals surface area contributed by atoms with E-state index < -0.39 is 6.10 Å². The van der Waals surface area contributed by atoms with Crippen molar-refractivity contribution in [3.05, 3.63) is 28.8 Å². The molecule has 0 aliphatic heterocycles. The second kappa shape index (κ2) is 5.68. The van der Waals surface area contributed by atoms with Gasteiger partial charge in [-0.2, -0.15) is 0 Å². The molecule has 1 rings (SSSR count). The SMILES string of the molecule is CNC(=O)C(C)Oc1ccc(C(C)=O)cc1Cl. The van der Waals surface area contributed by atoms with Gasteiger partial charge in [0.05, 0.1) is 5.02 Å². The Kier molecular flexibility index (Phi) is 4.52. The number of Topliss-reactive ketones (excluding diaryl/α,β-unsaturated/α-hetero) is 1. The topological polar surface area (TPSA) is 55.4 Å². The number of carbonyl (C=O) groups excluding carboxylic acids is 2. The molecule has 0 spiro atoms. The number of benzene rings is 1. The van der Waals surface area contributed by atoms with Crippen LogP contribution in [0.2, 0.25) is 5.02 Å². The number of halogens is 1. The van der Waals surface area contributed by atoms with Crippen LogP contribution in [0.5, 0.6) is 5.75 Å². The number of nitrogens with one attached hydrogen (secondary N) is 1. The van der Waals surface area contributed by atoms with Crippen LogP contribution in [-0.2, 0) is 4.79 Å². The second-order valence-electron chi connectivity index (χ2n) is 3.58. The van der Waals surface area contributed by atoms with Gasteiger partial charge < -0.3 is 10.1 Å². The van der Waals surface area contributed by atoms with Gasteiger partial charge in [-0.3, -0.25) is 9.59 Å². The van der Waals surface area contributed by atoms with Crippen molar-refractivity contribution in [2.24, 2.45) is 0 Å². The second-order valence-corrected chi connectivity index (χ2v) is 3.98. The number of ketones is 1. The largest absolute Gasteiger partial charge is 0.479 e. The van der Waals surface area contributed by atoms with E-state index >= 15 is 0 Å². The van der Waals surface area contributed by atoms with Gasteiger partial charge in [0.15, 0.2) is 11.9 Å². The molecular weight excluding hydrogens is 242 g/mol. The number of ether oxygens (including phenoxy) is 1. The summed E-state index contributed by atoms with van der Waals surface area (Å²) in [5.74, 6) is 0.0716. The van der Waals surface area contributed by atoms with Crippen LogP contribution in [0.1, 0.15) is 24.2 Å². The minimum atomic E-state index is -0.638. The van der Waals surface area contributed by atoms with Crippen molar-refractivity contribution in [1.82, 2.24) is 5.32 Å². The molecule has 1 atom stereocenters. The number of hydrogen-bond acceptors (Lipinski definition) is 3. The molecule has 17 heavy (non-hydrogen) atoms. The van der Waals surface area contributed by atoms with Crippen LogP contribution in [0.4, 0.5) is 0 Å². The molecule has 1 aromatic carbocycles. The molecule has 0 bridgehead atoms. The molecule has 0 radical (unpaired) electrons. The first-order valence-electron chi connectivity index (χ1n) is 5.14. The van der Waals surface area contributed by atoms with Gasteiger partial charge in [-0.15, -0.1) is 0 Å². The lowest BCUT2D eigenvalue weighted by Gasteiger charge is -2.14. The van der Waals surface area contributed by atoms with Crippen LogP contribution in [0.3, 0.4) is 0 Å². The van der Waals surface area contributed by atoms with Gasteiger partial charge in [-0.05, 0) is 32.0 Å². The lowest BCUT2D eigenvalue weighted by Crippen LogP contribution is -2.33. The molecule has 92 valence electrons. The Morgan fingerprint density at radius 3 is 2.53 bits per heavy atom. The molecule has 0 aliphatic rings. The van der Waals surface area contributed by atoms with Crippen LogP contribution < -0.4 is 10.1 Å². The first-order valence-corrected chi connectivity index (χ1v) is 5.52. The van der Waals surface area contributed by atoms with Gasteiger partial charge in [0.2, 0.25) is 0 Å². The van der Waals surface area contributed by atoms with Crippen LogP contribution in [-0.4, -0.2) is 24.8 Å². The van der Waals surface area contributed by atoms with Gasteiger partial charge in [0, 0.05) is 12.6 Å². The van der Waals surface area contributed by atoms with Crippen molar-refractivity contribution in [1.29, 1.82) is 0 Å². The first-order chi connectivity index (χ1) is 7.95. The van der Waals surface area contributed by atoms with E-state index in [1.54, 1.807) is 19.1 Å². The fourth-order valence-corrected chi connectivity index (χ4v) is 1.49. The monoisotopic (exact) mass is 255 g/mol. The van der Waals surface area contributed by atoms with Crippen LogP contribution in [0.15, 0.2) is 18.2 Å². The standard InChI is InChI=1S/C12H14ClNO3/c1-7(15)9-4-5-11(10(13)6-9)17-8(2)12(16)14-3/h4-6,8H,1-3H3,(H,14,16). The number of likely N-dealkylation sites (N-methyl/N-ethyl adjacent to an activating group) is 1. The average Bonchev–Trinajstić information content (AvgIpc) is 2.30. The summed E-state index contributed by atoms with van der Waals surface area (Å²) in [6, 6.07) is 4.72. The van der Waals surface area contributed by atoms with Crippen molar-refractivity contribution >= 4 is 23.3 Å². The fraction of sp³-hybridized carbons (Fsp3) is 0.333. The highest BCUT2D eigenvalue weighted by Gasteiger charge is 2.14. The van der Waals surface area contributed by atoms with Crippen molar-refractivity contribution in [3.63, 3.8) is 0 Å². The minimum Gasteiger partial charge on any atom is -0.479 e. The molecule has 0 fully saturated rings. The molecule has 0 heterocycles. The summed E-state index contributed by atoms with van der Waals surface area (Å²) < 4.78 is 5.38. The van der Waals surface area contributed by atoms with E-state index in [-0.39, 0.29) is 11.7 Å². The molecule has 0 saturated carbocycles. The lowest BCUT2D eigenvalue weighted by atomic mass is 10.1. The highest BCUT2D eigenvalue weighted by Crippen LogP contribution is 2.26. The van der Waals surface area contributed by atoms with E-state index in [0.29, 0.717) is 16.3 Å². The molecular formula is C12H14ClNO3. The highest BCUT2D eigenvalue weighted by atomic mass is 35.5. The maximum absolute atomic E-state index is 11.3. The number of amides is 1. The molecule has 5 heteroatoms. The minimum absolute atomic E-state index is 0.0715. The van der Waals surface area contributed by atoms with Crippen LogP contribution >= 0.6 is 11.6 Å². The normalized spacial score (nSPS) is 11.8. The molecule has 1 unspecified atom stereocenters. The van der Waals surface area contributed by atoms with Crippen molar-refractivity contribution in [2.45, 2.75) is 20.0 Å². The predicted octanol–water partition coefficient (Wildman–Crippen LogP) is 2.06. The van der Waals surface area contributed by atoms with Crippen LogP contribution in [0.25, 0.3) is 0 Å². The molecule has 4 nitrogen and oxygen atoms in total. The summed E-state index contributed by atoms with van der Waals surface area (Å²) >= 11 is 5.96. The molecule has 1 N–H and O–H groups in total. The smallest absolute Gasteiger partial charge is 0.260 e. The van der Waals surface area contributed by atoms with Crippen LogP contribution in [0, 0.1) is 0 Å². The lowest BCUT2D eigenvalue weighted by molar-refractivity contribution is -0.126. The zero-order valence-electron chi connectivity index (χ0n) is 9.91. The van der Waals surface area contributed by atoms with E-state index in [0.717, 1.165) is 0 Å². The fourth-order valence-electron chi connectivity index (χ4n) is 1.26. The zero-order chi connectivity index (χ0) is 13.0. The Bertz CT molecular complexity index is 445. The number of rotatable bonds is 4. The van der Waals surface area contributed by atoms with E-state index in [1.807, 2.05) is 0 Å². The van der Waals surface area contributed by atoms with E-state index in [4.69, 9.17) is 16.3 Å². The number of carbonyl (C=O) groups is 2. The summed E-state index contributed by atoms with van der Waals surface area (Å²) in [6.07, 6.45) is -0.638. The summed E-state index contributed by atoms with van der Waals surface area (Å²) in [6.45, 7) is 3.08. The third-order valence-electron chi connectivity index (χ3n) is 2.26. The Morgan fingerprint density at radius 1 is 1.41 bits per heavy atom. The molecule has 1 aromatic rings. The van der Waals surface area contributed by atoms with Gasteiger partial charge in [-0.25, -0.2) is 0 Å². The van der Waals surface area contributed by atoms with Crippen molar-refractivity contribution in [2.75, 3.05) is 7.05 Å². The maximum atomic E-state index is 11.3. The van der Waals surface area contributed by atoms with E-state index in [1.165, 1.54) is 20.0 Å². The van der Waals surface area contributed by atoms with Crippen molar-refractivity contribution in [3.8, 4) is 5.75 Å². The molecule has 1 amide bonds. The first kappa shape index (κ1) is 13.5. The van der Waals surface area contributed by atoms with E-state index in [9.17, 15) is 9.59 Å². The van der Waals surface area contributed by atoms with Gasteiger partial charge in [-0.1, -0.05) is 11.6 Å². The summed E-state index contributed by atoms with van der Waals surface area (Å²) in [7, 11) is 1.53. The molecule has 0 saturated heterocycles. The van der Waals surface area contributed by atoms with Gasteiger partial charge in [0.25, 0.3) is 5.91 Å².